The molecule has 1 N–H and O–H groups in total. The van der Waals surface area contributed by atoms with Gasteiger partial charge in [0, 0.05) is 16.1 Å². The van der Waals surface area contributed by atoms with E-state index in [9.17, 15) is 9.90 Å². The lowest BCUT2D eigenvalue weighted by Crippen LogP contribution is -2.38. The summed E-state index contributed by atoms with van der Waals surface area (Å²) in [4.78, 5) is 19.3. The van der Waals surface area contributed by atoms with Crippen LogP contribution in [0.3, 0.4) is 0 Å². The average Bonchev–Trinajstić information content (AvgIpc) is 3.16. The normalized spacial score (nSPS) is 17.1. The first-order valence-corrected chi connectivity index (χ1v) is 12.4. The van der Waals surface area contributed by atoms with E-state index >= 15 is 0 Å². The van der Waals surface area contributed by atoms with Crippen LogP contribution in [0.1, 0.15) is 34.7 Å². The molecule has 0 amide bonds. The van der Waals surface area contributed by atoms with Crippen molar-refractivity contribution in [3.8, 4) is 5.75 Å². The highest BCUT2D eigenvalue weighted by Crippen LogP contribution is 2.41. The van der Waals surface area contributed by atoms with Gasteiger partial charge in [-0.3, -0.25) is 9.36 Å². The number of halogens is 2. The Bertz CT molecular complexity index is 1670. The van der Waals surface area contributed by atoms with Crippen LogP contribution in [0, 0.1) is 0 Å². The monoisotopic (exact) mass is 504 g/mol. The van der Waals surface area contributed by atoms with Gasteiger partial charge >= 0.3 is 0 Å². The fraction of sp³-hybridized carbons (Fsp3) is 0.111. The molecule has 2 heterocycles. The van der Waals surface area contributed by atoms with Crippen LogP contribution in [0.25, 0.3) is 11.8 Å². The van der Waals surface area contributed by atoms with E-state index in [0.29, 0.717) is 19.9 Å². The number of rotatable bonds is 2. The van der Waals surface area contributed by atoms with E-state index in [1.54, 1.807) is 16.7 Å². The summed E-state index contributed by atoms with van der Waals surface area (Å²) >= 11 is 13.5. The summed E-state index contributed by atoms with van der Waals surface area (Å²) < 4.78 is 2.24. The molecular weight excluding hydrogens is 487 g/mol. The number of nitrogens with zero attached hydrogens (tertiary/aromatic N) is 2. The molecule has 0 unspecified atom stereocenters. The smallest absolute Gasteiger partial charge is 0.271 e. The number of benzene rings is 3. The number of hydrogen-bond donors (Lipinski definition) is 1. The number of fused-ring (bicyclic) bond motifs is 3. The molecule has 4 aromatic rings. The van der Waals surface area contributed by atoms with Crippen molar-refractivity contribution >= 4 is 46.3 Å². The Hall–Kier alpha value is -3.12. The molecule has 0 saturated carbocycles. The number of aryl methyl sites for hydroxylation is 1. The van der Waals surface area contributed by atoms with Gasteiger partial charge in [-0.2, -0.15) is 0 Å². The number of phenolic OH excluding ortho intramolecular Hbond substituents is 1. The van der Waals surface area contributed by atoms with Gasteiger partial charge in [0.25, 0.3) is 5.56 Å². The lowest BCUT2D eigenvalue weighted by Gasteiger charge is -2.30. The van der Waals surface area contributed by atoms with Crippen molar-refractivity contribution in [1.82, 2.24) is 4.57 Å². The van der Waals surface area contributed by atoms with E-state index in [-0.39, 0.29) is 22.4 Å². The topological polar surface area (TPSA) is 54.6 Å². The largest absolute Gasteiger partial charge is 0.506 e. The highest BCUT2D eigenvalue weighted by atomic mass is 35.5. The van der Waals surface area contributed by atoms with E-state index in [2.05, 4.69) is 30.3 Å². The van der Waals surface area contributed by atoms with Crippen molar-refractivity contribution in [3.05, 3.63) is 124 Å². The first kappa shape index (κ1) is 21.4. The maximum atomic E-state index is 13.7. The molecule has 0 spiro atoms. The van der Waals surface area contributed by atoms with Crippen molar-refractivity contribution in [3.63, 3.8) is 0 Å². The standard InChI is InChI=1S/C27H18Cl2N2O2S/c28-18-12-17(25(32)21(29)14-18)13-22-26(33)31-24(16-7-2-1-3-8-16)20-11-10-15-6-4-5-9-19(15)23(20)30-27(31)34-22/h1-9,12-14,24,32H,10-11H2/b22-13-/t24-/m0/s1. The second kappa shape index (κ2) is 8.27. The van der Waals surface area contributed by atoms with Crippen LogP contribution in [-0.4, -0.2) is 9.67 Å². The molecule has 0 radical (unpaired) electrons. The first-order valence-electron chi connectivity index (χ1n) is 10.9. The Morgan fingerprint density at radius 1 is 1.03 bits per heavy atom. The third-order valence-electron chi connectivity index (χ3n) is 6.33. The lowest BCUT2D eigenvalue weighted by atomic mass is 9.83. The van der Waals surface area contributed by atoms with Crippen molar-refractivity contribution in [2.24, 2.45) is 4.99 Å². The molecule has 7 heteroatoms. The molecule has 1 aliphatic heterocycles. The van der Waals surface area contributed by atoms with Crippen LogP contribution in [0.15, 0.2) is 82.1 Å². The molecule has 34 heavy (non-hydrogen) atoms. The van der Waals surface area contributed by atoms with Gasteiger partial charge in [-0.05, 0) is 47.8 Å². The fourth-order valence-corrected chi connectivity index (χ4v) is 6.30. The number of aromatic nitrogens is 1. The fourth-order valence-electron chi connectivity index (χ4n) is 4.79. The Morgan fingerprint density at radius 2 is 1.79 bits per heavy atom. The minimum atomic E-state index is -0.237. The molecule has 0 saturated heterocycles. The molecule has 1 aromatic heterocycles. The predicted octanol–water partition coefficient (Wildman–Crippen LogP) is 5.33. The van der Waals surface area contributed by atoms with Gasteiger partial charge < -0.3 is 5.11 Å². The van der Waals surface area contributed by atoms with Gasteiger partial charge in [0.2, 0.25) is 0 Å². The maximum absolute atomic E-state index is 13.7. The maximum Gasteiger partial charge on any atom is 0.271 e. The predicted molar refractivity (Wildman–Crippen MR) is 137 cm³/mol. The van der Waals surface area contributed by atoms with Crippen molar-refractivity contribution < 1.29 is 5.11 Å². The first-order chi connectivity index (χ1) is 16.5. The van der Waals surface area contributed by atoms with Gasteiger partial charge in [-0.25, -0.2) is 4.99 Å². The quantitative estimate of drug-likeness (QED) is 0.401. The summed E-state index contributed by atoms with van der Waals surface area (Å²) in [6.07, 6.45) is 3.38. The molecule has 1 atom stereocenters. The number of hydrogen-bond acceptors (Lipinski definition) is 4. The summed E-state index contributed by atoms with van der Waals surface area (Å²) in [6, 6.07) is 21.2. The van der Waals surface area contributed by atoms with E-state index in [1.807, 2.05) is 24.3 Å². The molecule has 1 aliphatic carbocycles. The molecule has 6 rings (SSSR count). The Balaban J connectivity index is 1.64. The van der Waals surface area contributed by atoms with Crippen molar-refractivity contribution in [1.29, 1.82) is 0 Å². The van der Waals surface area contributed by atoms with Crippen molar-refractivity contribution in [2.45, 2.75) is 18.9 Å². The average molecular weight is 505 g/mol. The molecule has 2 aliphatic rings. The number of aromatic hydroxyl groups is 1. The molecule has 168 valence electrons. The summed E-state index contributed by atoms with van der Waals surface area (Å²) in [5, 5.41) is 11.0. The Kier molecular flexibility index (Phi) is 5.21. The summed E-state index contributed by atoms with van der Waals surface area (Å²) in [6.45, 7) is 0. The van der Waals surface area contributed by atoms with Gasteiger partial charge in [0.1, 0.15) is 5.75 Å². The van der Waals surface area contributed by atoms with Crippen LogP contribution in [0.2, 0.25) is 10.0 Å². The van der Waals surface area contributed by atoms with E-state index in [4.69, 9.17) is 28.2 Å². The zero-order valence-electron chi connectivity index (χ0n) is 17.8. The second-order valence-electron chi connectivity index (χ2n) is 8.35. The zero-order valence-corrected chi connectivity index (χ0v) is 20.2. The zero-order chi connectivity index (χ0) is 23.4. The molecule has 0 fully saturated rings. The highest BCUT2D eigenvalue weighted by molar-refractivity contribution is 7.07. The van der Waals surface area contributed by atoms with Gasteiger partial charge in [-0.15, -0.1) is 0 Å². The molecule has 3 aromatic carbocycles. The Labute approximate surface area is 209 Å². The van der Waals surface area contributed by atoms with Gasteiger partial charge in [0.05, 0.1) is 21.3 Å². The highest BCUT2D eigenvalue weighted by Gasteiger charge is 2.32. The second-order valence-corrected chi connectivity index (χ2v) is 10.2. The number of phenols is 1. The third kappa shape index (κ3) is 3.43. The van der Waals surface area contributed by atoms with Crippen LogP contribution in [0.5, 0.6) is 5.75 Å². The third-order valence-corrected chi connectivity index (χ3v) is 7.82. The number of allylic oxidation sites excluding steroid dienone is 1. The van der Waals surface area contributed by atoms with Crippen LogP contribution in [0.4, 0.5) is 0 Å². The lowest BCUT2D eigenvalue weighted by molar-refractivity contribution is 0.474. The summed E-state index contributed by atoms with van der Waals surface area (Å²) in [5.74, 6) is -0.107. The van der Waals surface area contributed by atoms with E-state index < -0.39 is 0 Å². The minimum Gasteiger partial charge on any atom is -0.506 e. The minimum absolute atomic E-state index is 0.107. The van der Waals surface area contributed by atoms with E-state index in [0.717, 1.165) is 35.2 Å². The summed E-state index contributed by atoms with van der Waals surface area (Å²) in [5.41, 5.74) is 5.79. The molecule has 0 bridgehead atoms. The number of thiazole rings is 1. The molecular formula is C27H18Cl2N2O2S. The summed E-state index contributed by atoms with van der Waals surface area (Å²) in [7, 11) is 0. The Morgan fingerprint density at radius 3 is 2.62 bits per heavy atom. The van der Waals surface area contributed by atoms with Crippen LogP contribution >= 0.6 is 34.5 Å². The molecule has 4 nitrogen and oxygen atoms in total. The van der Waals surface area contributed by atoms with Gasteiger partial charge in [0.15, 0.2) is 4.80 Å². The van der Waals surface area contributed by atoms with Gasteiger partial charge in [-0.1, -0.05) is 89.1 Å². The van der Waals surface area contributed by atoms with Crippen LogP contribution in [-0.2, 0) is 6.42 Å². The SMILES string of the molecule is O=c1/c(=C/c2cc(Cl)cc(Cl)c2O)sc2n1[C@@H](c1ccccc1)C1=C(N=2)c2ccccc2CC1. The van der Waals surface area contributed by atoms with Crippen LogP contribution < -0.4 is 14.9 Å². The van der Waals surface area contributed by atoms with E-state index in [1.165, 1.54) is 23.0 Å². The van der Waals surface area contributed by atoms with Crippen molar-refractivity contribution in [2.75, 3.05) is 0 Å².